The number of Topliss-reactive ketones (excluding diaryl/α,β-unsaturated/α-hetero) is 1. The summed E-state index contributed by atoms with van der Waals surface area (Å²) in [6, 6.07) is 18.6. The molecule has 0 aliphatic carbocycles. The molecule has 0 aromatic heterocycles. The van der Waals surface area contributed by atoms with E-state index in [4.69, 9.17) is 14.2 Å². The lowest BCUT2D eigenvalue weighted by atomic mass is 9.94. The van der Waals surface area contributed by atoms with Crippen LogP contribution in [0.15, 0.2) is 72.3 Å². The van der Waals surface area contributed by atoms with Gasteiger partial charge in [-0.2, -0.15) is 0 Å². The molecule has 3 aromatic carbocycles. The predicted octanol–water partition coefficient (Wildman–Crippen LogP) is 4.90. The molecule has 35 heavy (non-hydrogen) atoms. The number of rotatable bonds is 7. The summed E-state index contributed by atoms with van der Waals surface area (Å²) in [7, 11) is 4.54. The Morgan fingerprint density at radius 2 is 1.49 bits per heavy atom. The first-order valence-corrected chi connectivity index (χ1v) is 11.2. The Labute approximate surface area is 204 Å². The van der Waals surface area contributed by atoms with Crippen LogP contribution in [0.5, 0.6) is 17.2 Å². The smallest absolute Gasteiger partial charge is 0.300 e. The number of aryl methyl sites for hydroxylation is 1. The maximum atomic E-state index is 13.4. The molecule has 0 spiro atoms. The van der Waals surface area contributed by atoms with Crippen LogP contribution in [0.25, 0.3) is 5.76 Å². The summed E-state index contributed by atoms with van der Waals surface area (Å²) in [6.07, 6.45) is 0.846. The number of ether oxygens (including phenoxy) is 3. The summed E-state index contributed by atoms with van der Waals surface area (Å²) in [6.45, 7) is 2.04. The number of nitrogens with zero attached hydrogens (tertiary/aromatic N) is 1. The van der Waals surface area contributed by atoms with Crippen molar-refractivity contribution < 1.29 is 28.9 Å². The first kappa shape index (κ1) is 23.9. The molecule has 7 nitrogen and oxygen atoms in total. The summed E-state index contributed by atoms with van der Waals surface area (Å²) >= 11 is 0. The van der Waals surface area contributed by atoms with E-state index in [1.54, 1.807) is 49.6 Å². The third-order valence-electron chi connectivity index (χ3n) is 6.16. The third kappa shape index (κ3) is 4.33. The number of aliphatic hydroxyl groups is 1. The molecule has 1 unspecified atom stereocenters. The number of amides is 1. The number of hydrogen-bond acceptors (Lipinski definition) is 6. The van der Waals surface area contributed by atoms with Crippen LogP contribution in [0.4, 0.5) is 5.69 Å². The molecule has 1 amide bonds. The van der Waals surface area contributed by atoms with Gasteiger partial charge in [0.25, 0.3) is 11.7 Å². The molecule has 4 rings (SSSR count). The lowest BCUT2D eigenvalue weighted by Gasteiger charge is -2.26. The highest BCUT2D eigenvalue weighted by molar-refractivity contribution is 6.51. The third-order valence-corrected chi connectivity index (χ3v) is 6.16. The van der Waals surface area contributed by atoms with E-state index in [2.05, 4.69) is 0 Å². The lowest BCUT2D eigenvalue weighted by molar-refractivity contribution is -0.132. The minimum atomic E-state index is -0.847. The molecular formula is C28H27NO6. The number of benzene rings is 3. The Balaban J connectivity index is 1.93. The zero-order chi connectivity index (χ0) is 25.1. The van der Waals surface area contributed by atoms with E-state index in [1.807, 2.05) is 31.2 Å². The Bertz CT molecular complexity index is 1280. The average molecular weight is 474 g/mol. The second-order valence-electron chi connectivity index (χ2n) is 8.03. The van der Waals surface area contributed by atoms with Gasteiger partial charge in [0.1, 0.15) is 23.0 Å². The fraction of sp³-hybridized carbons (Fsp3) is 0.214. The summed E-state index contributed by atoms with van der Waals surface area (Å²) < 4.78 is 16.0. The Kier molecular flexibility index (Phi) is 6.78. The van der Waals surface area contributed by atoms with Crippen molar-refractivity contribution in [2.24, 2.45) is 0 Å². The van der Waals surface area contributed by atoms with Crippen LogP contribution in [-0.4, -0.2) is 38.1 Å². The Hall–Kier alpha value is -4.26. The number of carbonyl (C=O) groups is 2. The van der Waals surface area contributed by atoms with Crippen molar-refractivity contribution >= 4 is 23.1 Å². The highest BCUT2D eigenvalue weighted by atomic mass is 16.5. The fourth-order valence-electron chi connectivity index (χ4n) is 4.23. The van der Waals surface area contributed by atoms with E-state index in [0.717, 1.165) is 12.0 Å². The van der Waals surface area contributed by atoms with E-state index in [-0.39, 0.29) is 16.9 Å². The van der Waals surface area contributed by atoms with Crippen LogP contribution in [0.3, 0.4) is 0 Å². The lowest BCUT2D eigenvalue weighted by Crippen LogP contribution is -2.29. The SMILES string of the molecule is CCc1ccc(N2C(=O)C(=O)/C(=C(\O)c3ccc(OC)cc3OC)C2c2ccc(OC)cc2)cc1. The van der Waals surface area contributed by atoms with E-state index in [0.29, 0.717) is 28.5 Å². The number of aliphatic hydroxyl groups excluding tert-OH is 1. The van der Waals surface area contributed by atoms with Crippen molar-refractivity contribution in [2.75, 3.05) is 26.2 Å². The van der Waals surface area contributed by atoms with Gasteiger partial charge in [-0.05, 0) is 53.9 Å². The molecule has 1 atom stereocenters. The first-order valence-electron chi connectivity index (χ1n) is 11.2. The quantitative estimate of drug-likeness (QED) is 0.298. The van der Waals surface area contributed by atoms with Crippen molar-refractivity contribution in [1.82, 2.24) is 0 Å². The van der Waals surface area contributed by atoms with Crippen molar-refractivity contribution in [3.05, 3.63) is 89.0 Å². The molecule has 1 aliphatic heterocycles. The number of anilines is 1. The topological polar surface area (TPSA) is 85.3 Å². The van der Waals surface area contributed by atoms with E-state index >= 15 is 0 Å². The van der Waals surface area contributed by atoms with Crippen molar-refractivity contribution in [3.63, 3.8) is 0 Å². The number of hydrogen-bond donors (Lipinski definition) is 1. The molecule has 1 N–H and O–H groups in total. The van der Waals surface area contributed by atoms with Gasteiger partial charge in [0.15, 0.2) is 0 Å². The van der Waals surface area contributed by atoms with Crippen LogP contribution in [0.1, 0.15) is 29.7 Å². The van der Waals surface area contributed by atoms with Gasteiger partial charge in [0, 0.05) is 11.8 Å². The number of carbonyl (C=O) groups excluding carboxylic acids is 2. The largest absolute Gasteiger partial charge is 0.507 e. The fourth-order valence-corrected chi connectivity index (χ4v) is 4.23. The highest BCUT2D eigenvalue weighted by Gasteiger charge is 2.47. The molecule has 0 bridgehead atoms. The molecular weight excluding hydrogens is 446 g/mol. The highest BCUT2D eigenvalue weighted by Crippen LogP contribution is 2.44. The molecule has 1 fully saturated rings. The minimum Gasteiger partial charge on any atom is -0.507 e. The molecule has 0 saturated carbocycles. The van der Waals surface area contributed by atoms with Crippen LogP contribution in [0.2, 0.25) is 0 Å². The second kappa shape index (κ2) is 9.93. The van der Waals surface area contributed by atoms with Crippen molar-refractivity contribution in [3.8, 4) is 17.2 Å². The van der Waals surface area contributed by atoms with Gasteiger partial charge in [-0.3, -0.25) is 14.5 Å². The Morgan fingerprint density at radius 1 is 0.857 bits per heavy atom. The van der Waals surface area contributed by atoms with Gasteiger partial charge in [0.2, 0.25) is 0 Å². The monoisotopic (exact) mass is 473 g/mol. The zero-order valence-corrected chi connectivity index (χ0v) is 20.1. The summed E-state index contributed by atoms with van der Waals surface area (Å²) in [5.74, 6) is -0.341. The second-order valence-corrected chi connectivity index (χ2v) is 8.03. The van der Waals surface area contributed by atoms with Crippen LogP contribution < -0.4 is 19.1 Å². The predicted molar refractivity (Wildman–Crippen MR) is 133 cm³/mol. The zero-order valence-electron chi connectivity index (χ0n) is 20.1. The molecule has 1 heterocycles. The minimum absolute atomic E-state index is 0.0248. The first-order chi connectivity index (χ1) is 16.9. The molecule has 3 aromatic rings. The summed E-state index contributed by atoms with van der Waals surface area (Å²) in [4.78, 5) is 28.1. The van der Waals surface area contributed by atoms with Crippen LogP contribution >= 0.6 is 0 Å². The van der Waals surface area contributed by atoms with Crippen LogP contribution in [-0.2, 0) is 16.0 Å². The molecule has 1 aliphatic rings. The molecule has 180 valence electrons. The van der Waals surface area contributed by atoms with Gasteiger partial charge in [-0.1, -0.05) is 31.2 Å². The van der Waals surface area contributed by atoms with Crippen LogP contribution in [0, 0.1) is 0 Å². The maximum Gasteiger partial charge on any atom is 0.300 e. The summed E-state index contributed by atoms with van der Waals surface area (Å²) in [5.41, 5.74) is 2.58. The van der Waals surface area contributed by atoms with Crippen molar-refractivity contribution in [1.29, 1.82) is 0 Å². The molecule has 7 heteroatoms. The standard InChI is InChI=1S/C28H27NO6/c1-5-17-6-10-19(11-7-17)29-25(18-8-12-20(33-2)13-9-18)24(27(31)28(29)32)26(30)22-15-14-21(34-3)16-23(22)35-4/h6-16,25,30H,5H2,1-4H3/b26-24-. The van der Waals surface area contributed by atoms with Gasteiger partial charge in [0.05, 0.1) is 38.5 Å². The summed E-state index contributed by atoms with van der Waals surface area (Å²) in [5, 5.41) is 11.4. The van der Waals surface area contributed by atoms with E-state index < -0.39 is 17.7 Å². The molecule has 1 saturated heterocycles. The van der Waals surface area contributed by atoms with E-state index in [1.165, 1.54) is 19.1 Å². The average Bonchev–Trinajstić information content (AvgIpc) is 3.17. The van der Waals surface area contributed by atoms with Gasteiger partial charge in [-0.15, -0.1) is 0 Å². The normalized spacial score (nSPS) is 16.9. The molecule has 0 radical (unpaired) electrons. The Morgan fingerprint density at radius 3 is 2.06 bits per heavy atom. The van der Waals surface area contributed by atoms with Gasteiger partial charge >= 0.3 is 0 Å². The number of methoxy groups -OCH3 is 3. The number of ketones is 1. The van der Waals surface area contributed by atoms with E-state index in [9.17, 15) is 14.7 Å². The van der Waals surface area contributed by atoms with Gasteiger partial charge in [-0.25, -0.2) is 0 Å². The van der Waals surface area contributed by atoms with Gasteiger partial charge < -0.3 is 19.3 Å². The maximum absolute atomic E-state index is 13.4. The van der Waals surface area contributed by atoms with Crippen molar-refractivity contribution in [2.45, 2.75) is 19.4 Å².